The Bertz CT molecular complexity index is 1330. The van der Waals surface area contributed by atoms with Crippen LogP contribution in [0.4, 0.5) is 0 Å². The Balaban J connectivity index is 1.30. The second-order valence-corrected chi connectivity index (χ2v) is 9.74. The van der Waals surface area contributed by atoms with Crippen molar-refractivity contribution in [1.82, 2.24) is 15.1 Å². The minimum atomic E-state index is -0.243. The van der Waals surface area contributed by atoms with Crippen molar-refractivity contribution in [3.05, 3.63) is 83.4 Å². The predicted octanol–water partition coefficient (Wildman–Crippen LogP) is 4.81. The third kappa shape index (κ3) is 4.19. The molecule has 2 aromatic carbocycles. The van der Waals surface area contributed by atoms with Crippen molar-refractivity contribution in [2.24, 2.45) is 0 Å². The number of amides is 1. The number of fused-ring (bicyclic) bond motifs is 1. The Morgan fingerprint density at radius 2 is 1.86 bits per heavy atom. The normalized spacial score (nSPS) is 16.2. The first kappa shape index (κ1) is 21.9. The van der Waals surface area contributed by atoms with Crippen molar-refractivity contribution >= 4 is 17.2 Å². The maximum atomic E-state index is 13.6. The lowest BCUT2D eigenvalue weighted by atomic mass is 9.74. The molecule has 1 saturated heterocycles. The number of rotatable bonds is 6. The van der Waals surface area contributed by atoms with Crippen LogP contribution in [-0.2, 0) is 10.2 Å². The summed E-state index contributed by atoms with van der Waals surface area (Å²) in [6.07, 6.45) is 3.44. The Morgan fingerprint density at radius 1 is 1.03 bits per heavy atom. The maximum Gasteiger partial charge on any atom is 0.255 e. The second kappa shape index (κ2) is 9.20. The number of nitrogens with one attached hydrogen (secondary N) is 1. The number of hydrogen-bond acceptors (Lipinski definition) is 6. The van der Waals surface area contributed by atoms with Crippen LogP contribution in [-0.4, -0.2) is 42.2 Å². The number of thiophene rings is 1. The van der Waals surface area contributed by atoms with Crippen molar-refractivity contribution in [2.75, 3.05) is 26.6 Å². The van der Waals surface area contributed by atoms with E-state index in [0.29, 0.717) is 31.0 Å². The van der Waals surface area contributed by atoms with Crippen LogP contribution < -0.4 is 14.8 Å². The summed E-state index contributed by atoms with van der Waals surface area (Å²) in [4.78, 5) is 14.5. The summed E-state index contributed by atoms with van der Waals surface area (Å²) in [5.74, 6) is 1.37. The van der Waals surface area contributed by atoms with Gasteiger partial charge in [0, 0.05) is 31.4 Å². The molecule has 0 atom stereocenters. The summed E-state index contributed by atoms with van der Waals surface area (Å²) in [7, 11) is 0. The zero-order valence-electron chi connectivity index (χ0n) is 19.1. The number of benzene rings is 2. The average Bonchev–Trinajstić information content (AvgIpc) is 3.68. The molecule has 0 saturated carbocycles. The van der Waals surface area contributed by atoms with E-state index in [9.17, 15) is 4.79 Å². The van der Waals surface area contributed by atoms with Gasteiger partial charge in [0.25, 0.3) is 5.91 Å². The molecule has 0 spiro atoms. The van der Waals surface area contributed by atoms with E-state index >= 15 is 0 Å². The van der Waals surface area contributed by atoms with Crippen molar-refractivity contribution in [3.63, 3.8) is 0 Å². The van der Waals surface area contributed by atoms with Gasteiger partial charge in [-0.2, -0.15) is 5.10 Å². The number of aromatic nitrogens is 2. The zero-order chi connectivity index (χ0) is 23.7. The van der Waals surface area contributed by atoms with Gasteiger partial charge in [-0.1, -0.05) is 30.3 Å². The Labute approximate surface area is 207 Å². The second-order valence-electron chi connectivity index (χ2n) is 8.79. The molecule has 1 amide bonds. The average molecular weight is 488 g/mol. The van der Waals surface area contributed by atoms with Crippen molar-refractivity contribution in [1.29, 1.82) is 0 Å². The maximum absolute atomic E-state index is 13.6. The molecule has 2 aliphatic rings. The topological polar surface area (TPSA) is 74.6 Å². The first-order valence-electron chi connectivity index (χ1n) is 11.7. The number of carbonyl (C=O) groups is 1. The Morgan fingerprint density at radius 3 is 2.66 bits per heavy atom. The van der Waals surface area contributed by atoms with Crippen LogP contribution in [0.2, 0.25) is 0 Å². The highest BCUT2D eigenvalue weighted by Crippen LogP contribution is 2.40. The van der Waals surface area contributed by atoms with Crippen molar-refractivity contribution in [3.8, 4) is 27.8 Å². The number of para-hydroxylation sites is 1. The highest BCUT2D eigenvalue weighted by atomic mass is 32.1. The van der Waals surface area contributed by atoms with Gasteiger partial charge < -0.3 is 19.5 Å². The monoisotopic (exact) mass is 487 g/mol. The minimum Gasteiger partial charge on any atom is -0.454 e. The molecule has 6 rings (SSSR count). The van der Waals surface area contributed by atoms with E-state index in [1.807, 2.05) is 66.2 Å². The van der Waals surface area contributed by atoms with E-state index in [-0.39, 0.29) is 18.1 Å². The first-order valence-corrected chi connectivity index (χ1v) is 12.5. The van der Waals surface area contributed by atoms with Gasteiger partial charge in [0.15, 0.2) is 11.5 Å². The van der Waals surface area contributed by atoms with Crippen molar-refractivity contribution in [2.45, 2.75) is 18.3 Å². The largest absolute Gasteiger partial charge is 0.454 e. The summed E-state index contributed by atoms with van der Waals surface area (Å²) >= 11 is 1.57. The van der Waals surface area contributed by atoms with E-state index in [2.05, 4.69) is 11.4 Å². The third-order valence-corrected chi connectivity index (χ3v) is 7.63. The fourth-order valence-corrected chi connectivity index (χ4v) is 5.47. The predicted molar refractivity (Wildman–Crippen MR) is 134 cm³/mol. The molecule has 0 aliphatic carbocycles. The molecule has 2 aromatic heterocycles. The molecule has 2 aliphatic heterocycles. The molecule has 178 valence electrons. The molecule has 8 heteroatoms. The summed E-state index contributed by atoms with van der Waals surface area (Å²) in [6, 6.07) is 19.9. The van der Waals surface area contributed by atoms with Crippen LogP contribution in [0.15, 0.2) is 72.2 Å². The number of carbonyl (C=O) groups excluding carboxylic acids is 1. The SMILES string of the molecule is O=C(NCC1(c2ccc3c(c2)OCO3)CCOCC1)c1cn(-c2ccccc2)nc1-c1cccs1. The van der Waals surface area contributed by atoms with Crippen LogP contribution in [0.5, 0.6) is 11.5 Å². The van der Waals surface area contributed by atoms with Crippen LogP contribution >= 0.6 is 11.3 Å². The molecule has 4 heterocycles. The zero-order valence-corrected chi connectivity index (χ0v) is 19.9. The Kier molecular flexibility index (Phi) is 5.75. The standard InChI is InChI=1S/C27H25N3O4S/c31-26(21-16-30(20-5-2-1-3-6-20)29-25(21)24-7-4-14-35-24)28-17-27(10-12-32-13-11-27)19-8-9-22-23(15-19)34-18-33-22/h1-9,14-16H,10-13,17-18H2,(H,28,31). The first-order chi connectivity index (χ1) is 17.2. The van der Waals surface area contributed by atoms with Crippen LogP contribution in [0, 0.1) is 0 Å². The third-order valence-electron chi connectivity index (χ3n) is 6.76. The fourth-order valence-electron chi connectivity index (χ4n) is 4.75. The molecular weight excluding hydrogens is 462 g/mol. The van der Waals surface area contributed by atoms with Gasteiger partial charge in [-0.25, -0.2) is 4.68 Å². The number of hydrogen-bond donors (Lipinski definition) is 1. The molecule has 35 heavy (non-hydrogen) atoms. The van der Waals surface area contributed by atoms with Crippen molar-refractivity contribution < 1.29 is 19.0 Å². The summed E-state index contributed by atoms with van der Waals surface area (Å²) in [6.45, 7) is 2.03. The molecule has 0 bridgehead atoms. The molecule has 7 nitrogen and oxygen atoms in total. The summed E-state index contributed by atoms with van der Waals surface area (Å²) in [5.41, 5.74) is 3.04. The quantitative estimate of drug-likeness (QED) is 0.423. The minimum absolute atomic E-state index is 0.137. The molecule has 0 unspecified atom stereocenters. The smallest absolute Gasteiger partial charge is 0.255 e. The molecule has 4 aromatic rings. The molecule has 0 radical (unpaired) electrons. The van der Waals surface area contributed by atoms with Gasteiger partial charge in [0.2, 0.25) is 6.79 Å². The molecule has 1 N–H and O–H groups in total. The summed E-state index contributed by atoms with van der Waals surface area (Å²) < 4.78 is 18.6. The number of ether oxygens (including phenoxy) is 3. The lowest BCUT2D eigenvalue weighted by Gasteiger charge is -2.38. The van der Waals surface area contributed by atoms with Gasteiger partial charge in [-0.15, -0.1) is 11.3 Å². The highest BCUT2D eigenvalue weighted by Gasteiger charge is 2.36. The highest BCUT2D eigenvalue weighted by molar-refractivity contribution is 7.13. The van der Waals surface area contributed by atoms with E-state index in [1.165, 1.54) is 0 Å². The van der Waals surface area contributed by atoms with Crippen LogP contribution in [0.1, 0.15) is 28.8 Å². The van der Waals surface area contributed by atoms with Gasteiger partial charge in [0.05, 0.1) is 16.1 Å². The van der Waals surface area contributed by atoms with E-state index < -0.39 is 0 Å². The van der Waals surface area contributed by atoms with Gasteiger partial charge in [-0.3, -0.25) is 4.79 Å². The molecule has 1 fully saturated rings. The fraction of sp³-hybridized carbons (Fsp3) is 0.259. The van der Waals surface area contributed by atoms with E-state index in [0.717, 1.165) is 40.5 Å². The lowest BCUT2D eigenvalue weighted by Crippen LogP contribution is -2.44. The summed E-state index contributed by atoms with van der Waals surface area (Å²) in [5, 5.41) is 9.99. The van der Waals surface area contributed by atoms with Gasteiger partial charge >= 0.3 is 0 Å². The van der Waals surface area contributed by atoms with Crippen LogP contribution in [0.25, 0.3) is 16.3 Å². The van der Waals surface area contributed by atoms with Gasteiger partial charge in [-0.05, 0) is 54.1 Å². The van der Waals surface area contributed by atoms with E-state index in [4.69, 9.17) is 19.3 Å². The van der Waals surface area contributed by atoms with Gasteiger partial charge in [0.1, 0.15) is 5.69 Å². The van der Waals surface area contributed by atoms with Crippen LogP contribution in [0.3, 0.4) is 0 Å². The molecular formula is C27H25N3O4S. The number of nitrogens with zero attached hydrogens (tertiary/aromatic N) is 2. The lowest BCUT2D eigenvalue weighted by molar-refractivity contribution is 0.0486. The van der Waals surface area contributed by atoms with E-state index in [1.54, 1.807) is 16.0 Å². The Hall–Kier alpha value is -3.62.